The normalized spacial score (nSPS) is 25.3. The molecule has 2 rings (SSSR count). The van der Waals surface area contributed by atoms with Crippen LogP contribution in [0.4, 0.5) is 5.69 Å². The average molecular weight is 295 g/mol. The van der Waals surface area contributed by atoms with E-state index in [9.17, 15) is 14.9 Å². The number of non-ortho nitro benzene ring substituents is 1. The minimum Gasteiger partial charge on any atom is -0.478 e. The van der Waals surface area contributed by atoms with Gasteiger partial charge in [-0.25, -0.2) is 9.68 Å². The Balaban J connectivity index is 2.06. The fraction of sp³-hybridized carbons (Fsp3) is 0.308. The number of carboxylic acid groups (broad SMARTS) is 1. The van der Waals surface area contributed by atoms with Gasteiger partial charge >= 0.3 is 5.97 Å². The summed E-state index contributed by atoms with van der Waals surface area (Å²) >= 11 is 0. The summed E-state index contributed by atoms with van der Waals surface area (Å²) in [5.74, 6) is -1.20. The number of ether oxygens (including phenoxy) is 1. The quantitative estimate of drug-likeness (QED) is 0.391. The number of carbonyl (C=O) groups is 1. The lowest BCUT2D eigenvalue weighted by Gasteiger charge is -2.33. The third kappa shape index (κ3) is 3.24. The standard InChI is InChI=1S/C13H13NO7/c1-7(12(15)16)11-8(2)19-13(21-20-11)9-3-5-10(6-4-9)14(17)18/h3-6,8,11,13H,1H2,2H3,(H,15,16)/t8-,11-,13-/m0/s1. The molecule has 1 fully saturated rings. The maximum Gasteiger partial charge on any atom is 0.333 e. The summed E-state index contributed by atoms with van der Waals surface area (Å²) in [5.41, 5.74) is 0.289. The zero-order valence-electron chi connectivity index (χ0n) is 11.1. The van der Waals surface area contributed by atoms with Crippen LogP contribution in [0, 0.1) is 10.1 Å². The van der Waals surface area contributed by atoms with Crippen molar-refractivity contribution in [3.8, 4) is 0 Å². The number of hydrogen-bond donors (Lipinski definition) is 1. The van der Waals surface area contributed by atoms with Crippen molar-refractivity contribution in [1.82, 2.24) is 0 Å². The first-order valence-electron chi connectivity index (χ1n) is 6.04. The topological polar surface area (TPSA) is 108 Å². The highest BCUT2D eigenvalue weighted by Gasteiger charge is 2.35. The van der Waals surface area contributed by atoms with Gasteiger partial charge in [-0.3, -0.25) is 10.1 Å². The molecule has 1 aliphatic heterocycles. The van der Waals surface area contributed by atoms with Crippen molar-refractivity contribution in [3.63, 3.8) is 0 Å². The molecule has 8 heteroatoms. The Morgan fingerprint density at radius 3 is 2.43 bits per heavy atom. The van der Waals surface area contributed by atoms with E-state index in [4.69, 9.17) is 19.6 Å². The molecule has 0 bridgehead atoms. The fourth-order valence-corrected chi connectivity index (χ4v) is 1.83. The van der Waals surface area contributed by atoms with Crippen LogP contribution in [-0.4, -0.2) is 28.2 Å². The van der Waals surface area contributed by atoms with Gasteiger partial charge in [0.15, 0.2) is 6.10 Å². The summed E-state index contributed by atoms with van der Waals surface area (Å²) in [4.78, 5) is 30.9. The molecule has 1 N–H and O–H groups in total. The lowest BCUT2D eigenvalue weighted by Crippen LogP contribution is -2.39. The molecule has 21 heavy (non-hydrogen) atoms. The molecule has 0 unspecified atom stereocenters. The van der Waals surface area contributed by atoms with Crippen LogP contribution in [0.2, 0.25) is 0 Å². The van der Waals surface area contributed by atoms with Crippen LogP contribution in [0.15, 0.2) is 36.4 Å². The third-order valence-electron chi connectivity index (χ3n) is 3.01. The second-order valence-electron chi connectivity index (χ2n) is 4.47. The van der Waals surface area contributed by atoms with Crippen LogP contribution >= 0.6 is 0 Å². The Labute approximate surface area is 119 Å². The average Bonchev–Trinajstić information content (AvgIpc) is 2.46. The summed E-state index contributed by atoms with van der Waals surface area (Å²) < 4.78 is 5.52. The molecule has 1 saturated heterocycles. The number of nitro benzene ring substituents is 1. The minimum absolute atomic E-state index is 0.0549. The predicted octanol–water partition coefficient (Wildman–Crippen LogP) is 1.97. The van der Waals surface area contributed by atoms with Gasteiger partial charge in [0.1, 0.15) is 0 Å². The summed E-state index contributed by atoms with van der Waals surface area (Å²) in [6.07, 6.45) is -2.40. The zero-order valence-corrected chi connectivity index (χ0v) is 11.1. The van der Waals surface area contributed by atoms with Crippen LogP contribution in [0.25, 0.3) is 0 Å². The van der Waals surface area contributed by atoms with Gasteiger partial charge in [-0.2, -0.15) is 4.89 Å². The molecule has 1 aromatic rings. The molecule has 0 aromatic heterocycles. The second kappa shape index (κ2) is 6.00. The largest absolute Gasteiger partial charge is 0.478 e. The number of nitrogens with zero attached hydrogens (tertiary/aromatic N) is 1. The van der Waals surface area contributed by atoms with Gasteiger partial charge in [-0.1, -0.05) is 6.58 Å². The molecule has 112 valence electrons. The minimum atomic E-state index is -1.20. The maximum atomic E-state index is 10.8. The highest BCUT2D eigenvalue weighted by molar-refractivity contribution is 5.87. The third-order valence-corrected chi connectivity index (χ3v) is 3.01. The van der Waals surface area contributed by atoms with Gasteiger partial charge in [0.25, 0.3) is 5.69 Å². The van der Waals surface area contributed by atoms with E-state index < -0.39 is 29.4 Å². The number of rotatable bonds is 4. The van der Waals surface area contributed by atoms with Crippen molar-refractivity contribution >= 4 is 11.7 Å². The smallest absolute Gasteiger partial charge is 0.333 e. The van der Waals surface area contributed by atoms with E-state index in [1.807, 2.05) is 0 Å². The van der Waals surface area contributed by atoms with Crippen molar-refractivity contribution in [1.29, 1.82) is 0 Å². The zero-order chi connectivity index (χ0) is 15.6. The highest BCUT2D eigenvalue weighted by Crippen LogP contribution is 2.31. The van der Waals surface area contributed by atoms with Crippen LogP contribution in [0.3, 0.4) is 0 Å². The van der Waals surface area contributed by atoms with Crippen molar-refractivity contribution in [2.24, 2.45) is 0 Å². The van der Waals surface area contributed by atoms with Gasteiger partial charge in [0.05, 0.1) is 16.6 Å². The van der Waals surface area contributed by atoms with Crippen LogP contribution in [-0.2, 0) is 19.3 Å². The fourth-order valence-electron chi connectivity index (χ4n) is 1.83. The number of benzene rings is 1. The molecular formula is C13H13NO7. The van der Waals surface area contributed by atoms with Crippen LogP contribution in [0.1, 0.15) is 18.8 Å². The summed E-state index contributed by atoms with van der Waals surface area (Å²) in [5, 5.41) is 19.4. The Morgan fingerprint density at radius 2 is 1.95 bits per heavy atom. The number of hydrogen-bond acceptors (Lipinski definition) is 6. The van der Waals surface area contributed by atoms with E-state index >= 15 is 0 Å². The van der Waals surface area contributed by atoms with E-state index in [2.05, 4.69) is 6.58 Å². The lowest BCUT2D eigenvalue weighted by atomic mass is 10.1. The van der Waals surface area contributed by atoms with Gasteiger partial charge in [0, 0.05) is 17.7 Å². The van der Waals surface area contributed by atoms with Gasteiger partial charge in [-0.15, -0.1) is 0 Å². The first kappa shape index (κ1) is 15.1. The highest BCUT2D eigenvalue weighted by atomic mass is 17.2. The van der Waals surface area contributed by atoms with E-state index in [1.54, 1.807) is 6.92 Å². The molecule has 1 heterocycles. The molecule has 8 nitrogen and oxygen atoms in total. The predicted molar refractivity (Wildman–Crippen MR) is 69.1 cm³/mol. The molecule has 1 aromatic carbocycles. The number of nitro groups is 1. The Morgan fingerprint density at radius 1 is 1.33 bits per heavy atom. The molecule has 0 saturated carbocycles. The molecular weight excluding hydrogens is 282 g/mol. The van der Waals surface area contributed by atoms with Crippen molar-refractivity contribution in [2.75, 3.05) is 0 Å². The first-order valence-corrected chi connectivity index (χ1v) is 6.04. The van der Waals surface area contributed by atoms with Gasteiger partial charge in [-0.05, 0) is 19.1 Å². The van der Waals surface area contributed by atoms with Crippen LogP contribution in [0.5, 0.6) is 0 Å². The van der Waals surface area contributed by atoms with Gasteiger partial charge < -0.3 is 9.84 Å². The molecule has 0 amide bonds. The molecule has 0 aliphatic carbocycles. The first-order chi connectivity index (χ1) is 9.90. The van der Waals surface area contributed by atoms with Crippen molar-refractivity contribution in [2.45, 2.75) is 25.4 Å². The molecule has 0 spiro atoms. The monoisotopic (exact) mass is 295 g/mol. The van der Waals surface area contributed by atoms with Crippen molar-refractivity contribution in [3.05, 3.63) is 52.1 Å². The van der Waals surface area contributed by atoms with E-state index in [0.717, 1.165) is 0 Å². The number of aliphatic carboxylic acids is 1. The maximum absolute atomic E-state index is 10.8. The molecule has 0 radical (unpaired) electrons. The lowest BCUT2D eigenvalue weighted by molar-refractivity contribution is -0.454. The van der Waals surface area contributed by atoms with Crippen molar-refractivity contribution < 1.29 is 29.3 Å². The van der Waals surface area contributed by atoms with Gasteiger partial charge in [0.2, 0.25) is 6.29 Å². The van der Waals surface area contributed by atoms with E-state index in [1.165, 1.54) is 24.3 Å². The second-order valence-corrected chi connectivity index (χ2v) is 4.47. The Hall–Kier alpha value is -2.29. The summed E-state index contributed by atoms with van der Waals surface area (Å²) in [6, 6.07) is 5.58. The molecule has 1 aliphatic rings. The van der Waals surface area contributed by atoms with Crippen LogP contribution < -0.4 is 0 Å². The van der Waals surface area contributed by atoms with E-state index in [-0.39, 0.29) is 11.3 Å². The Bertz CT molecular complexity index is 568. The van der Waals surface area contributed by atoms with E-state index in [0.29, 0.717) is 5.56 Å². The summed E-state index contributed by atoms with van der Waals surface area (Å²) in [6.45, 7) is 5.02. The molecule has 3 atom stereocenters. The number of carboxylic acids is 1. The SMILES string of the molecule is C=C(C(=O)O)[C@@H]1OO[C@@H](c2ccc([N+](=O)[O-])cc2)O[C@H]1C. The Kier molecular flexibility index (Phi) is 4.32. The summed E-state index contributed by atoms with van der Waals surface area (Å²) in [7, 11) is 0.